The highest BCUT2D eigenvalue weighted by molar-refractivity contribution is 6.22. The zero-order valence-corrected chi connectivity index (χ0v) is 22.1. The third-order valence-corrected chi connectivity index (χ3v) is 7.36. The van der Waals surface area contributed by atoms with Crippen LogP contribution < -0.4 is 20.9 Å². The lowest BCUT2D eigenvalue weighted by atomic mass is 9.83. The molecule has 2 aliphatic rings. The minimum absolute atomic E-state index is 0.109. The third-order valence-electron chi connectivity index (χ3n) is 7.36. The molecule has 210 valence electrons. The fraction of sp³-hybridized carbons (Fsp3) is 0.233. The second-order valence-corrected chi connectivity index (χ2v) is 9.85. The van der Waals surface area contributed by atoms with Gasteiger partial charge in [-0.3, -0.25) is 34.7 Å². The first-order chi connectivity index (χ1) is 19.8. The van der Waals surface area contributed by atoms with E-state index in [0.717, 1.165) is 16.8 Å². The first kappa shape index (κ1) is 27.5. The normalized spacial score (nSPS) is 17.0. The minimum Gasteiger partial charge on any atom is -0.481 e. The number of hydrogen-bond acceptors (Lipinski definition) is 7. The molecule has 0 unspecified atom stereocenters. The van der Waals surface area contributed by atoms with Crippen molar-refractivity contribution < 1.29 is 29.1 Å². The van der Waals surface area contributed by atoms with E-state index in [-0.39, 0.29) is 18.7 Å². The van der Waals surface area contributed by atoms with Crippen molar-refractivity contribution in [1.82, 2.24) is 15.5 Å². The van der Waals surface area contributed by atoms with Gasteiger partial charge < -0.3 is 15.3 Å². The number of hydrogen-bond donors (Lipinski definition) is 4. The van der Waals surface area contributed by atoms with Crippen molar-refractivity contribution in [2.75, 3.05) is 36.4 Å². The zero-order valence-electron chi connectivity index (χ0n) is 22.1. The van der Waals surface area contributed by atoms with E-state index in [4.69, 9.17) is 5.11 Å². The molecular weight excluding hydrogens is 526 g/mol. The van der Waals surface area contributed by atoms with Gasteiger partial charge in [0.05, 0.1) is 6.42 Å². The summed E-state index contributed by atoms with van der Waals surface area (Å²) in [6.07, 6.45) is -0.348. The fourth-order valence-electron chi connectivity index (χ4n) is 5.29. The van der Waals surface area contributed by atoms with Crippen LogP contribution in [-0.2, 0) is 24.7 Å². The predicted octanol–water partition coefficient (Wildman–Crippen LogP) is 2.54. The number of carboxylic acid groups (broad SMARTS) is 1. The predicted molar refractivity (Wildman–Crippen MR) is 151 cm³/mol. The molecule has 3 aromatic rings. The Labute approximate surface area is 236 Å². The molecule has 0 atom stereocenters. The maximum Gasteiger partial charge on any atom is 0.328 e. The molecule has 3 aromatic carbocycles. The number of barbiturate groups is 1. The van der Waals surface area contributed by atoms with Gasteiger partial charge in [0.15, 0.2) is 0 Å². The van der Waals surface area contributed by atoms with Gasteiger partial charge in [-0.1, -0.05) is 54.6 Å². The summed E-state index contributed by atoms with van der Waals surface area (Å²) >= 11 is 0. The van der Waals surface area contributed by atoms with E-state index in [2.05, 4.69) is 20.9 Å². The van der Waals surface area contributed by atoms with Gasteiger partial charge in [-0.25, -0.2) is 4.79 Å². The number of nitrogens with one attached hydrogen (secondary N) is 3. The number of aliphatic carboxylic acids is 1. The minimum atomic E-state index is -1.71. The number of carboxylic acids is 1. The molecule has 0 bridgehead atoms. The standard InChI is InChI=1S/C30H29N5O6/c36-25(14-15-26(37)38)31-23-10-12-24(13-11-23)34-16-18-35(19-17-34)30(27(39)32-29(41)33-28(30)40)22-8-6-21(7-9-22)20-4-2-1-3-5-20/h1-13H,14-19H2,(H,31,36)(H,37,38)(H2,32,33,39,40,41). The number of imide groups is 2. The molecule has 0 aliphatic carbocycles. The van der Waals surface area contributed by atoms with E-state index in [0.29, 0.717) is 37.4 Å². The second kappa shape index (κ2) is 11.6. The molecular formula is C30H29N5O6. The van der Waals surface area contributed by atoms with Gasteiger partial charge in [0, 0.05) is 44.0 Å². The smallest absolute Gasteiger partial charge is 0.328 e. The van der Waals surface area contributed by atoms with Crippen LogP contribution in [0.1, 0.15) is 18.4 Å². The Bertz CT molecular complexity index is 1450. The molecule has 2 aliphatic heterocycles. The van der Waals surface area contributed by atoms with Crippen molar-refractivity contribution in [1.29, 1.82) is 0 Å². The molecule has 2 fully saturated rings. The van der Waals surface area contributed by atoms with Crippen molar-refractivity contribution >= 4 is 41.1 Å². The van der Waals surface area contributed by atoms with Gasteiger partial charge in [-0.15, -0.1) is 0 Å². The number of anilines is 2. The maximum atomic E-state index is 13.4. The number of urea groups is 1. The van der Waals surface area contributed by atoms with E-state index in [1.807, 2.05) is 54.6 Å². The lowest BCUT2D eigenvalue weighted by molar-refractivity contribution is -0.149. The van der Waals surface area contributed by atoms with Crippen molar-refractivity contribution in [3.8, 4) is 11.1 Å². The Morgan fingerprint density at radius 2 is 1.34 bits per heavy atom. The second-order valence-electron chi connectivity index (χ2n) is 9.85. The highest BCUT2D eigenvalue weighted by atomic mass is 16.4. The maximum absolute atomic E-state index is 13.4. The summed E-state index contributed by atoms with van der Waals surface area (Å²) in [5, 5.41) is 16.0. The molecule has 41 heavy (non-hydrogen) atoms. The quantitative estimate of drug-likeness (QED) is 0.310. The Hall–Kier alpha value is -5.03. The SMILES string of the molecule is O=C(O)CCC(=O)Nc1ccc(N2CCN(C3(c4ccc(-c5ccccc5)cc4)C(=O)NC(=O)NC3=O)CC2)cc1. The zero-order chi connectivity index (χ0) is 29.0. The molecule has 4 N–H and O–H groups in total. The van der Waals surface area contributed by atoms with Crippen LogP contribution in [0.2, 0.25) is 0 Å². The van der Waals surface area contributed by atoms with E-state index in [1.165, 1.54) is 0 Å². The number of carbonyl (C=O) groups excluding carboxylic acids is 4. The number of piperazine rings is 1. The van der Waals surface area contributed by atoms with Crippen LogP contribution in [0.15, 0.2) is 78.9 Å². The molecule has 5 amide bonds. The Balaban J connectivity index is 1.32. The highest BCUT2D eigenvalue weighted by Gasteiger charge is 2.56. The number of rotatable bonds is 8. The molecule has 11 nitrogen and oxygen atoms in total. The topological polar surface area (TPSA) is 148 Å². The summed E-state index contributed by atoms with van der Waals surface area (Å²) < 4.78 is 0. The molecule has 0 spiro atoms. The van der Waals surface area contributed by atoms with Gasteiger partial charge in [0.25, 0.3) is 11.8 Å². The van der Waals surface area contributed by atoms with Crippen LogP contribution in [0.25, 0.3) is 11.1 Å². The summed E-state index contributed by atoms with van der Waals surface area (Å²) in [4.78, 5) is 65.3. The van der Waals surface area contributed by atoms with Gasteiger partial charge in [-0.2, -0.15) is 0 Å². The lowest BCUT2D eigenvalue weighted by Gasteiger charge is -2.47. The van der Waals surface area contributed by atoms with Crippen LogP contribution in [0.5, 0.6) is 0 Å². The van der Waals surface area contributed by atoms with E-state index in [9.17, 15) is 24.0 Å². The van der Waals surface area contributed by atoms with E-state index >= 15 is 0 Å². The largest absolute Gasteiger partial charge is 0.481 e. The Kier molecular flexibility index (Phi) is 7.79. The summed E-state index contributed by atoms with van der Waals surface area (Å²) in [7, 11) is 0. The first-order valence-electron chi connectivity index (χ1n) is 13.2. The van der Waals surface area contributed by atoms with Crippen molar-refractivity contribution in [3.05, 3.63) is 84.4 Å². The lowest BCUT2D eigenvalue weighted by Crippen LogP contribution is -2.73. The van der Waals surface area contributed by atoms with Gasteiger partial charge >= 0.3 is 12.0 Å². The highest BCUT2D eigenvalue weighted by Crippen LogP contribution is 2.34. The first-order valence-corrected chi connectivity index (χ1v) is 13.2. The van der Waals surface area contributed by atoms with Crippen LogP contribution in [0.3, 0.4) is 0 Å². The van der Waals surface area contributed by atoms with Crippen LogP contribution >= 0.6 is 0 Å². The van der Waals surface area contributed by atoms with E-state index < -0.39 is 29.4 Å². The molecule has 0 radical (unpaired) electrons. The third kappa shape index (κ3) is 5.66. The summed E-state index contributed by atoms with van der Waals surface area (Å²) in [6, 6.07) is 23.3. The van der Waals surface area contributed by atoms with E-state index in [1.54, 1.807) is 29.2 Å². The molecule has 0 saturated carbocycles. The molecule has 2 heterocycles. The van der Waals surface area contributed by atoms with Crippen molar-refractivity contribution in [3.63, 3.8) is 0 Å². The average molecular weight is 556 g/mol. The molecule has 0 aromatic heterocycles. The van der Waals surface area contributed by atoms with Crippen LogP contribution in [-0.4, -0.2) is 65.9 Å². The number of carbonyl (C=O) groups is 5. The Morgan fingerprint density at radius 1 is 0.756 bits per heavy atom. The molecule has 2 saturated heterocycles. The fourth-order valence-corrected chi connectivity index (χ4v) is 5.29. The van der Waals surface area contributed by atoms with Crippen molar-refractivity contribution in [2.45, 2.75) is 18.4 Å². The average Bonchev–Trinajstić information content (AvgIpc) is 2.97. The molecule has 5 rings (SSSR count). The summed E-state index contributed by atoms with van der Waals surface area (Å²) in [5.74, 6) is -2.78. The number of nitrogens with zero attached hydrogens (tertiary/aromatic N) is 2. The summed E-state index contributed by atoms with van der Waals surface area (Å²) in [5.41, 5.74) is 2.14. The number of amides is 5. The van der Waals surface area contributed by atoms with Crippen LogP contribution in [0.4, 0.5) is 16.2 Å². The summed E-state index contributed by atoms with van der Waals surface area (Å²) in [6.45, 7) is 1.73. The molecule has 11 heteroatoms. The Morgan fingerprint density at radius 3 is 1.93 bits per heavy atom. The monoisotopic (exact) mass is 555 g/mol. The van der Waals surface area contributed by atoms with Gasteiger partial charge in [-0.05, 0) is 41.0 Å². The number of benzene rings is 3. The van der Waals surface area contributed by atoms with Crippen LogP contribution in [0, 0.1) is 0 Å². The van der Waals surface area contributed by atoms with Gasteiger partial charge in [0.1, 0.15) is 0 Å². The van der Waals surface area contributed by atoms with Gasteiger partial charge in [0.2, 0.25) is 11.4 Å². The van der Waals surface area contributed by atoms with Crippen molar-refractivity contribution in [2.24, 2.45) is 0 Å².